The van der Waals surface area contributed by atoms with Gasteiger partial charge in [-0.3, -0.25) is 10.1 Å². The van der Waals surface area contributed by atoms with Crippen molar-refractivity contribution in [3.63, 3.8) is 0 Å². The number of ether oxygens (including phenoxy) is 2. The van der Waals surface area contributed by atoms with Crippen molar-refractivity contribution in [1.29, 1.82) is 0 Å². The van der Waals surface area contributed by atoms with Crippen LogP contribution in [0.4, 0.5) is 11.4 Å². The maximum Gasteiger partial charge on any atom is 0.282 e. The summed E-state index contributed by atoms with van der Waals surface area (Å²) in [7, 11) is 1.68. The molecule has 0 bridgehead atoms. The highest BCUT2D eigenvalue weighted by atomic mass is 127. The Morgan fingerprint density at radius 2 is 2.42 bits per heavy atom. The van der Waals surface area contributed by atoms with E-state index in [1.807, 2.05) is 22.6 Å². The third kappa shape index (κ3) is 3.34. The minimum Gasteiger partial charge on any atom is -0.382 e. The van der Waals surface area contributed by atoms with Crippen molar-refractivity contribution < 1.29 is 14.4 Å². The summed E-state index contributed by atoms with van der Waals surface area (Å²) in [6.45, 7) is 1.89. The summed E-state index contributed by atoms with van der Waals surface area (Å²) in [6, 6.07) is 4.98. The predicted molar refractivity (Wildman–Crippen MR) is 79.5 cm³/mol. The fourth-order valence-corrected chi connectivity index (χ4v) is 2.70. The average Bonchev–Trinajstić information content (AvgIpc) is 2.85. The fourth-order valence-electron chi connectivity index (χ4n) is 1.99. The average molecular weight is 378 g/mol. The number of hydrogen-bond acceptors (Lipinski definition) is 5. The Kier molecular flexibility index (Phi) is 4.58. The van der Waals surface area contributed by atoms with Crippen molar-refractivity contribution in [2.75, 3.05) is 32.2 Å². The third-order valence-corrected chi connectivity index (χ3v) is 4.12. The van der Waals surface area contributed by atoms with E-state index in [1.165, 1.54) is 6.07 Å². The molecule has 1 aromatic carbocycles. The molecule has 0 saturated carbocycles. The standard InChI is InChI=1S/C12H15IN2O4/c1-18-12(4-5-19-8-12)7-14-9-2-3-11(15(16)17)10(13)6-9/h2-3,6,14H,4-5,7-8H2,1H3. The number of nitro benzene ring substituents is 1. The molecule has 1 fully saturated rings. The van der Waals surface area contributed by atoms with E-state index in [2.05, 4.69) is 5.32 Å². The van der Waals surface area contributed by atoms with E-state index in [9.17, 15) is 10.1 Å². The van der Waals surface area contributed by atoms with Crippen LogP contribution in [-0.4, -0.2) is 37.4 Å². The highest BCUT2D eigenvalue weighted by molar-refractivity contribution is 14.1. The fraction of sp³-hybridized carbons (Fsp3) is 0.500. The van der Waals surface area contributed by atoms with Crippen molar-refractivity contribution in [2.45, 2.75) is 12.0 Å². The van der Waals surface area contributed by atoms with Crippen LogP contribution in [0.2, 0.25) is 0 Å². The van der Waals surface area contributed by atoms with Crippen LogP contribution < -0.4 is 5.32 Å². The maximum absolute atomic E-state index is 10.7. The monoisotopic (exact) mass is 378 g/mol. The number of methoxy groups -OCH3 is 1. The van der Waals surface area contributed by atoms with Gasteiger partial charge in [0.05, 0.1) is 15.1 Å². The minimum atomic E-state index is -0.382. The summed E-state index contributed by atoms with van der Waals surface area (Å²) >= 11 is 1.96. The quantitative estimate of drug-likeness (QED) is 0.484. The Balaban J connectivity index is 2.03. The van der Waals surface area contributed by atoms with Gasteiger partial charge in [0, 0.05) is 38.4 Å². The SMILES string of the molecule is COC1(CNc2ccc([N+](=O)[O-])c(I)c2)CCOC1. The van der Waals surface area contributed by atoms with Crippen LogP contribution in [-0.2, 0) is 9.47 Å². The summed E-state index contributed by atoms with van der Waals surface area (Å²) in [6.07, 6.45) is 0.848. The zero-order chi connectivity index (χ0) is 13.9. The number of hydrogen-bond donors (Lipinski definition) is 1. The molecule has 1 N–H and O–H groups in total. The lowest BCUT2D eigenvalue weighted by atomic mass is 10.0. The second-order valence-electron chi connectivity index (χ2n) is 4.47. The number of halogens is 1. The first-order chi connectivity index (χ1) is 9.06. The molecular weight excluding hydrogens is 363 g/mol. The van der Waals surface area contributed by atoms with Crippen LogP contribution in [0.5, 0.6) is 0 Å². The molecule has 1 aliphatic rings. The number of nitrogens with one attached hydrogen (secondary N) is 1. The molecule has 0 radical (unpaired) electrons. The topological polar surface area (TPSA) is 73.6 Å². The molecule has 0 aliphatic carbocycles. The van der Waals surface area contributed by atoms with Crippen molar-refractivity contribution in [3.05, 3.63) is 31.9 Å². The van der Waals surface area contributed by atoms with Crippen LogP contribution in [0.25, 0.3) is 0 Å². The van der Waals surface area contributed by atoms with Gasteiger partial charge in [-0.2, -0.15) is 0 Å². The number of nitrogens with zero attached hydrogens (tertiary/aromatic N) is 1. The molecule has 104 valence electrons. The molecule has 1 aliphatic heterocycles. The zero-order valence-corrected chi connectivity index (χ0v) is 12.7. The van der Waals surface area contributed by atoms with Gasteiger partial charge < -0.3 is 14.8 Å². The summed E-state index contributed by atoms with van der Waals surface area (Å²) in [4.78, 5) is 10.4. The van der Waals surface area contributed by atoms with E-state index in [1.54, 1.807) is 19.2 Å². The Labute approximate surface area is 124 Å². The van der Waals surface area contributed by atoms with Crippen LogP contribution in [0.1, 0.15) is 6.42 Å². The first kappa shape index (κ1) is 14.5. The molecule has 7 heteroatoms. The Morgan fingerprint density at radius 1 is 1.63 bits per heavy atom. The van der Waals surface area contributed by atoms with E-state index >= 15 is 0 Å². The van der Waals surface area contributed by atoms with Gasteiger partial charge in [-0.15, -0.1) is 0 Å². The molecule has 1 aromatic rings. The molecule has 19 heavy (non-hydrogen) atoms. The number of anilines is 1. The summed E-state index contributed by atoms with van der Waals surface area (Å²) in [5, 5.41) is 14.0. The summed E-state index contributed by atoms with van der Waals surface area (Å²) < 4.78 is 11.5. The first-order valence-corrected chi connectivity index (χ1v) is 6.95. The van der Waals surface area contributed by atoms with Crippen LogP contribution in [0, 0.1) is 13.7 Å². The number of rotatable bonds is 5. The molecule has 0 spiro atoms. The molecule has 2 rings (SSSR count). The largest absolute Gasteiger partial charge is 0.382 e. The predicted octanol–water partition coefficient (Wildman–Crippen LogP) is 2.42. The van der Waals surface area contributed by atoms with Gasteiger partial charge in [0.15, 0.2) is 0 Å². The zero-order valence-electron chi connectivity index (χ0n) is 10.5. The summed E-state index contributed by atoms with van der Waals surface area (Å²) in [5.74, 6) is 0. The van der Waals surface area contributed by atoms with Crippen molar-refractivity contribution in [3.8, 4) is 0 Å². The maximum atomic E-state index is 10.7. The molecule has 0 amide bonds. The molecule has 1 heterocycles. The molecular formula is C12H15IN2O4. The third-order valence-electron chi connectivity index (χ3n) is 3.26. The molecule has 0 aromatic heterocycles. The van der Waals surface area contributed by atoms with Gasteiger partial charge in [-0.25, -0.2) is 0 Å². The first-order valence-electron chi connectivity index (χ1n) is 5.87. The van der Waals surface area contributed by atoms with Gasteiger partial charge in [0.2, 0.25) is 0 Å². The van der Waals surface area contributed by atoms with Crippen LogP contribution in [0.3, 0.4) is 0 Å². The van der Waals surface area contributed by atoms with E-state index in [0.29, 0.717) is 23.3 Å². The lowest BCUT2D eigenvalue weighted by molar-refractivity contribution is -0.385. The van der Waals surface area contributed by atoms with E-state index < -0.39 is 0 Å². The normalized spacial score (nSPS) is 22.4. The van der Waals surface area contributed by atoms with Gasteiger partial charge >= 0.3 is 0 Å². The second-order valence-corrected chi connectivity index (χ2v) is 5.63. The highest BCUT2D eigenvalue weighted by Crippen LogP contribution is 2.26. The number of nitro groups is 1. The molecule has 6 nitrogen and oxygen atoms in total. The molecule has 1 atom stereocenters. The minimum absolute atomic E-state index is 0.122. The van der Waals surface area contributed by atoms with Gasteiger partial charge in [-0.1, -0.05) is 0 Å². The number of benzene rings is 1. The summed E-state index contributed by atoms with van der Waals surface area (Å²) in [5.41, 5.74) is 0.669. The van der Waals surface area contributed by atoms with Gasteiger partial charge in [0.1, 0.15) is 5.60 Å². The van der Waals surface area contributed by atoms with E-state index in [-0.39, 0.29) is 16.2 Å². The Bertz CT molecular complexity index is 475. The van der Waals surface area contributed by atoms with Gasteiger partial charge in [0.25, 0.3) is 5.69 Å². The van der Waals surface area contributed by atoms with Gasteiger partial charge in [-0.05, 0) is 34.7 Å². The smallest absolute Gasteiger partial charge is 0.282 e. The Morgan fingerprint density at radius 3 is 2.95 bits per heavy atom. The second kappa shape index (κ2) is 6.02. The van der Waals surface area contributed by atoms with E-state index in [0.717, 1.165) is 12.1 Å². The Hall–Kier alpha value is -0.930. The van der Waals surface area contributed by atoms with Crippen molar-refractivity contribution in [1.82, 2.24) is 0 Å². The molecule has 1 unspecified atom stereocenters. The van der Waals surface area contributed by atoms with Crippen molar-refractivity contribution in [2.24, 2.45) is 0 Å². The lowest BCUT2D eigenvalue weighted by Crippen LogP contribution is -2.39. The van der Waals surface area contributed by atoms with Crippen LogP contribution >= 0.6 is 22.6 Å². The lowest BCUT2D eigenvalue weighted by Gasteiger charge is -2.26. The van der Waals surface area contributed by atoms with Crippen LogP contribution in [0.15, 0.2) is 18.2 Å². The molecule has 1 saturated heterocycles. The highest BCUT2D eigenvalue weighted by Gasteiger charge is 2.34. The van der Waals surface area contributed by atoms with Crippen molar-refractivity contribution >= 4 is 34.0 Å². The van der Waals surface area contributed by atoms with E-state index in [4.69, 9.17) is 9.47 Å².